The van der Waals surface area contributed by atoms with Crippen molar-refractivity contribution in [3.8, 4) is 0 Å². The lowest BCUT2D eigenvalue weighted by Crippen LogP contribution is -2.53. The SMILES string of the molecule is CCOCCCCC(C)(NC(C)C)C(=O)OCC. The maximum atomic E-state index is 12.0. The van der Waals surface area contributed by atoms with Crippen LogP contribution in [-0.4, -0.2) is 37.4 Å². The fourth-order valence-electron chi connectivity index (χ4n) is 1.99. The summed E-state index contributed by atoms with van der Waals surface area (Å²) in [4.78, 5) is 12.0. The monoisotopic (exact) mass is 259 g/mol. The van der Waals surface area contributed by atoms with Crippen LogP contribution in [0.5, 0.6) is 0 Å². The summed E-state index contributed by atoms with van der Waals surface area (Å²) in [5, 5.41) is 3.32. The summed E-state index contributed by atoms with van der Waals surface area (Å²) in [5.41, 5.74) is -0.587. The molecule has 1 unspecified atom stereocenters. The molecule has 0 radical (unpaired) electrons. The van der Waals surface area contributed by atoms with E-state index in [0.717, 1.165) is 32.5 Å². The fraction of sp³-hybridized carbons (Fsp3) is 0.929. The predicted octanol–water partition coefficient (Wildman–Crippen LogP) is 2.51. The molecule has 108 valence electrons. The number of carbonyl (C=O) groups excluding carboxylic acids is 1. The highest BCUT2D eigenvalue weighted by atomic mass is 16.5. The third kappa shape index (κ3) is 6.97. The topological polar surface area (TPSA) is 47.6 Å². The Balaban J connectivity index is 4.25. The van der Waals surface area contributed by atoms with Crippen LogP contribution in [0.3, 0.4) is 0 Å². The lowest BCUT2D eigenvalue weighted by Gasteiger charge is -2.30. The molecule has 0 bridgehead atoms. The van der Waals surface area contributed by atoms with Crippen LogP contribution in [0, 0.1) is 0 Å². The van der Waals surface area contributed by atoms with Gasteiger partial charge in [-0.3, -0.25) is 10.1 Å². The highest BCUT2D eigenvalue weighted by Gasteiger charge is 2.34. The Morgan fingerprint density at radius 1 is 1.22 bits per heavy atom. The zero-order valence-electron chi connectivity index (χ0n) is 12.5. The number of hydrogen-bond acceptors (Lipinski definition) is 4. The van der Waals surface area contributed by atoms with E-state index in [0.29, 0.717) is 6.61 Å². The van der Waals surface area contributed by atoms with Crippen molar-refractivity contribution in [2.45, 2.75) is 65.5 Å². The van der Waals surface area contributed by atoms with Crippen LogP contribution in [0.4, 0.5) is 0 Å². The molecule has 1 N–H and O–H groups in total. The number of hydrogen-bond donors (Lipinski definition) is 1. The van der Waals surface area contributed by atoms with Gasteiger partial charge in [-0.2, -0.15) is 0 Å². The Kier molecular flexibility index (Phi) is 9.02. The van der Waals surface area contributed by atoms with Gasteiger partial charge in [0.05, 0.1) is 6.61 Å². The molecule has 0 fully saturated rings. The molecule has 0 aliphatic rings. The summed E-state index contributed by atoms with van der Waals surface area (Å²) in [6.45, 7) is 11.8. The minimum atomic E-state index is -0.587. The summed E-state index contributed by atoms with van der Waals surface area (Å²) in [7, 11) is 0. The second kappa shape index (κ2) is 9.34. The van der Waals surface area contributed by atoms with Crippen LogP contribution in [0.2, 0.25) is 0 Å². The molecule has 18 heavy (non-hydrogen) atoms. The Labute approximate surface area is 111 Å². The van der Waals surface area contributed by atoms with E-state index in [-0.39, 0.29) is 12.0 Å². The lowest BCUT2D eigenvalue weighted by molar-refractivity contribution is -0.151. The van der Waals surface area contributed by atoms with Gasteiger partial charge in [0.2, 0.25) is 0 Å². The molecule has 0 spiro atoms. The van der Waals surface area contributed by atoms with Crippen LogP contribution < -0.4 is 5.32 Å². The van der Waals surface area contributed by atoms with E-state index in [4.69, 9.17) is 9.47 Å². The van der Waals surface area contributed by atoms with Crippen LogP contribution in [0.25, 0.3) is 0 Å². The number of ether oxygens (including phenoxy) is 2. The van der Waals surface area contributed by atoms with Crippen molar-refractivity contribution in [3.05, 3.63) is 0 Å². The van der Waals surface area contributed by atoms with Gasteiger partial charge in [-0.05, 0) is 53.9 Å². The van der Waals surface area contributed by atoms with Crippen LogP contribution in [-0.2, 0) is 14.3 Å². The molecule has 0 rings (SSSR count). The molecule has 0 saturated heterocycles. The standard InChI is InChI=1S/C14H29NO3/c1-6-17-11-9-8-10-14(5,15-12(3)4)13(16)18-7-2/h12,15H,6-11H2,1-5H3. The summed E-state index contributed by atoms with van der Waals surface area (Å²) < 4.78 is 10.5. The minimum absolute atomic E-state index is 0.157. The van der Waals surface area contributed by atoms with Crippen molar-refractivity contribution in [1.29, 1.82) is 0 Å². The third-order valence-electron chi connectivity index (χ3n) is 2.75. The first-order valence-electron chi connectivity index (χ1n) is 6.99. The van der Waals surface area contributed by atoms with Gasteiger partial charge < -0.3 is 9.47 Å². The van der Waals surface area contributed by atoms with Gasteiger partial charge in [0.25, 0.3) is 0 Å². The second-order valence-electron chi connectivity index (χ2n) is 5.01. The van der Waals surface area contributed by atoms with E-state index in [9.17, 15) is 4.79 Å². The molecular formula is C14H29NO3. The van der Waals surface area contributed by atoms with Crippen LogP contribution in [0.15, 0.2) is 0 Å². The summed E-state index contributed by atoms with van der Waals surface area (Å²) in [6.07, 6.45) is 2.70. The van der Waals surface area contributed by atoms with Gasteiger partial charge in [-0.1, -0.05) is 0 Å². The first-order chi connectivity index (χ1) is 8.46. The molecule has 0 aromatic rings. The quantitative estimate of drug-likeness (QED) is 0.484. The maximum Gasteiger partial charge on any atom is 0.326 e. The zero-order chi connectivity index (χ0) is 14.0. The van der Waals surface area contributed by atoms with E-state index in [1.807, 2.05) is 34.6 Å². The van der Waals surface area contributed by atoms with Gasteiger partial charge in [0.15, 0.2) is 0 Å². The van der Waals surface area contributed by atoms with E-state index in [2.05, 4.69) is 5.32 Å². The van der Waals surface area contributed by atoms with Crippen molar-refractivity contribution in [1.82, 2.24) is 5.32 Å². The highest BCUT2D eigenvalue weighted by Crippen LogP contribution is 2.17. The van der Waals surface area contributed by atoms with E-state index in [1.54, 1.807) is 0 Å². The number of rotatable bonds is 10. The molecule has 0 aromatic carbocycles. The summed E-state index contributed by atoms with van der Waals surface area (Å²) >= 11 is 0. The zero-order valence-corrected chi connectivity index (χ0v) is 12.5. The van der Waals surface area contributed by atoms with E-state index >= 15 is 0 Å². The molecule has 0 amide bonds. The van der Waals surface area contributed by atoms with Gasteiger partial charge in [-0.25, -0.2) is 0 Å². The van der Waals surface area contributed by atoms with Crippen molar-refractivity contribution < 1.29 is 14.3 Å². The van der Waals surface area contributed by atoms with Gasteiger partial charge in [0.1, 0.15) is 5.54 Å². The van der Waals surface area contributed by atoms with Crippen molar-refractivity contribution in [3.63, 3.8) is 0 Å². The summed E-state index contributed by atoms with van der Waals surface area (Å²) in [6, 6.07) is 0.256. The van der Waals surface area contributed by atoms with E-state index < -0.39 is 5.54 Å². The molecule has 0 saturated carbocycles. The van der Waals surface area contributed by atoms with Gasteiger partial charge >= 0.3 is 5.97 Å². The molecule has 0 heterocycles. The number of nitrogens with one attached hydrogen (secondary N) is 1. The number of unbranched alkanes of at least 4 members (excludes halogenated alkanes) is 1. The molecule has 0 aromatic heterocycles. The Bertz CT molecular complexity index is 231. The molecule has 1 atom stereocenters. The van der Waals surface area contributed by atoms with Crippen molar-refractivity contribution in [2.24, 2.45) is 0 Å². The van der Waals surface area contributed by atoms with Crippen molar-refractivity contribution in [2.75, 3.05) is 19.8 Å². The molecular weight excluding hydrogens is 230 g/mol. The molecule has 0 aliphatic carbocycles. The van der Waals surface area contributed by atoms with Crippen LogP contribution >= 0.6 is 0 Å². The smallest absolute Gasteiger partial charge is 0.326 e. The van der Waals surface area contributed by atoms with Crippen molar-refractivity contribution >= 4 is 5.97 Å². The molecule has 4 nitrogen and oxygen atoms in total. The average molecular weight is 259 g/mol. The largest absolute Gasteiger partial charge is 0.465 e. The summed E-state index contributed by atoms with van der Waals surface area (Å²) in [5.74, 6) is -0.157. The molecule has 4 heteroatoms. The van der Waals surface area contributed by atoms with Gasteiger partial charge in [-0.15, -0.1) is 0 Å². The normalized spacial score (nSPS) is 14.6. The predicted molar refractivity (Wildman–Crippen MR) is 73.7 cm³/mol. The second-order valence-corrected chi connectivity index (χ2v) is 5.01. The lowest BCUT2D eigenvalue weighted by atomic mass is 9.94. The maximum absolute atomic E-state index is 12.0. The first kappa shape index (κ1) is 17.4. The van der Waals surface area contributed by atoms with E-state index in [1.165, 1.54) is 0 Å². The van der Waals surface area contributed by atoms with Gasteiger partial charge in [0, 0.05) is 19.3 Å². The molecule has 0 aliphatic heterocycles. The third-order valence-corrected chi connectivity index (χ3v) is 2.75. The Hall–Kier alpha value is -0.610. The highest BCUT2D eigenvalue weighted by molar-refractivity contribution is 5.80. The van der Waals surface area contributed by atoms with Crippen LogP contribution in [0.1, 0.15) is 53.9 Å². The Morgan fingerprint density at radius 2 is 1.89 bits per heavy atom. The first-order valence-corrected chi connectivity index (χ1v) is 6.99. The number of esters is 1. The fourth-order valence-corrected chi connectivity index (χ4v) is 1.99. The Morgan fingerprint density at radius 3 is 2.39 bits per heavy atom. The average Bonchev–Trinajstić information content (AvgIpc) is 2.28. The minimum Gasteiger partial charge on any atom is -0.465 e. The number of carbonyl (C=O) groups is 1.